The summed E-state index contributed by atoms with van der Waals surface area (Å²) in [7, 11) is 1.55. The molecule has 0 aliphatic rings. The number of carbonyl (C=O) groups excluding carboxylic acids is 1. The molecule has 4 N–H and O–H groups in total. The van der Waals surface area contributed by atoms with Gasteiger partial charge in [-0.05, 0) is 72.9 Å². The quantitative estimate of drug-likeness (QED) is 0.281. The number of nitrogen functional groups attached to an aromatic ring is 1. The van der Waals surface area contributed by atoms with Gasteiger partial charge in [0.15, 0.2) is 0 Å². The fourth-order valence-corrected chi connectivity index (χ4v) is 4.71. The Labute approximate surface area is 216 Å². The maximum absolute atomic E-state index is 14.0. The molecule has 1 atom stereocenters. The molecule has 35 heavy (non-hydrogen) atoms. The molecule has 0 fully saturated rings. The number of methoxy groups -OCH3 is 1. The average molecular weight is 516 g/mol. The molecule has 0 aromatic heterocycles. The Morgan fingerprint density at radius 2 is 1.74 bits per heavy atom. The molecule has 0 saturated heterocycles. The molecule has 3 aromatic carbocycles. The molecule has 0 heterocycles. The van der Waals surface area contributed by atoms with Crippen molar-refractivity contribution in [1.29, 1.82) is 0 Å². The van der Waals surface area contributed by atoms with Crippen LogP contribution in [0.15, 0.2) is 48.5 Å². The number of amides is 2. The number of aliphatic hydroxyl groups is 1. The first-order chi connectivity index (χ1) is 16.7. The van der Waals surface area contributed by atoms with Crippen molar-refractivity contribution in [3.63, 3.8) is 0 Å². The third-order valence-corrected chi connectivity index (χ3v) is 6.73. The van der Waals surface area contributed by atoms with Gasteiger partial charge in [-0.15, -0.1) is 0 Å². The molecular formula is C27H31Cl2N3O3. The zero-order valence-corrected chi connectivity index (χ0v) is 21.9. The number of halogens is 2. The lowest BCUT2D eigenvalue weighted by Crippen LogP contribution is -2.38. The summed E-state index contributed by atoms with van der Waals surface area (Å²) in [6.45, 7) is 5.61. The molecular weight excluding hydrogens is 485 g/mol. The van der Waals surface area contributed by atoms with Crippen molar-refractivity contribution in [3.8, 4) is 5.75 Å². The van der Waals surface area contributed by atoms with Gasteiger partial charge in [0.2, 0.25) is 0 Å². The van der Waals surface area contributed by atoms with Crippen LogP contribution >= 0.6 is 23.2 Å². The van der Waals surface area contributed by atoms with E-state index in [1.807, 2.05) is 32.9 Å². The molecule has 0 saturated carbocycles. The first-order valence-electron chi connectivity index (χ1n) is 11.5. The van der Waals surface area contributed by atoms with E-state index in [1.54, 1.807) is 48.4 Å². The summed E-state index contributed by atoms with van der Waals surface area (Å²) in [5, 5.41) is 14.3. The second-order valence-corrected chi connectivity index (χ2v) is 9.01. The second kappa shape index (κ2) is 11.7. The Morgan fingerprint density at radius 3 is 2.31 bits per heavy atom. The second-order valence-electron chi connectivity index (χ2n) is 8.17. The summed E-state index contributed by atoms with van der Waals surface area (Å²) in [5.74, 6) is 0.585. The van der Waals surface area contributed by atoms with Gasteiger partial charge in [0.1, 0.15) is 5.75 Å². The number of rotatable bonds is 8. The van der Waals surface area contributed by atoms with Gasteiger partial charge in [0, 0.05) is 21.3 Å². The summed E-state index contributed by atoms with van der Waals surface area (Å²) < 4.78 is 5.32. The highest BCUT2D eigenvalue weighted by Gasteiger charge is 2.28. The number of anilines is 3. The van der Waals surface area contributed by atoms with Gasteiger partial charge in [0.25, 0.3) is 0 Å². The van der Waals surface area contributed by atoms with Crippen LogP contribution in [-0.4, -0.2) is 18.2 Å². The van der Waals surface area contributed by atoms with E-state index in [4.69, 9.17) is 33.7 Å². The zero-order valence-electron chi connectivity index (χ0n) is 20.4. The number of carbonyl (C=O) groups is 1. The van der Waals surface area contributed by atoms with E-state index in [0.717, 1.165) is 16.7 Å². The molecule has 0 aliphatic carbocycles. The van der Waals surface area contributed by atoms with Crippen molar-refractivity contribution in [2.45, 2.75) is 46.3 Å². The summed E-state index contributed by atoms with van der Waals surface area (Å²) in [6, 6.07) is 13.5. The highest BCUT2D eigenvalue weighted by atomic mass is 35.5. The number of nitrogens with zero attached hydrogens (tertiary/aromatic N) is 1. The predicted octanol–water partition coefficient (Wildman–Crippen LogP) is 7.00. The number of aliphatic hydroxyl groups excluding tert-OH is 1. The standard InChI is InChI=1S/C27H31Cl2N3O3/c1-5-21-23(29)14-24(30)22(6-2)26(21)31-27(34)32(16(3)17-7-9-19(28)10-8-17)25-12-11-20(35-4)13-18(25)15-33/h7-14,16,33H,5-6,15,30H2,1-4H3,(H,31,34)/t16-/m0/s1. The predicted molar refractivity (Wildman–Crippen MR) is 145 cm³/mol. The topological polar surface area (TPSA) is 87.8 Å². The van der Waals surface area contributed by atoms with Crippen LogP contribution in [0.2, 0.25) is 10.0 Å². The minimum absolute atomic E-state index is 0.270. The maximum Gasteiger partial charge on any atom is 0.326 e. The molecule has 0 aliphatic heterocycles. The third-order valence-electron chi connectivity index (χ3n) is 6.14. The van der Waals surface area contributed by atoms with Gasteiger partial charge in [-0.25, -0.2) is 4.79 Å². The number of nitrogens with two attached hydrogens (primary N) is 1. The van der Waals surface area contributed by atoms with Crippen LogP contribution in [0.25, 0.3) is 0 Å². The Kier molecular flexibility index (Phi) is 8.89. The van der Waals surface area contributed by atoms with E-state index in [2.05, 4.69) is 5.32 Å². The largest absolute Gasteiger partial charge is 0.497 e. The molecule has 0 unspecified atom stereocenters. The van der Waals surface area contributed by atoms with Crippen LogP contribution < -0.4 is 20.7 Å². The fraction of sp³-hybridized carbons (Fsp3) is 0.296. The van der Waals surface area contributed by atoms with E-state index in [-0.39, 0.29) is 12.6 Å². The highest BCUT2D eigenvalue weighted by molar-refractivity contribution is 6.32. The molecule has 0 bridgehead atoms. The first-order valence-corrected chi connectivity index (χ1v) is 12.2. The fourth-order valence-electron chi connectivity index (χ4n) is 4.24. The number of ether oxygens (including phenoxy) is 1. The maximum atomic E-state index is 14.0. The van der Waals surface area contributed by atoms with Crippen LogP contribution in [0.4, 0.5) is 21.9 Å². The number of nitrogens with one attached hydrogen (secondary N) is 1. The van der Waals surface area contributed by atoms with E-state index in [1.165, 1.54) is 0 Å². The summed E-state index contributed by atoms with van der Waals surface area (Å²) >= 11 is 12.6. The van der Waals surface area contributed by atoms with Crippen molar-refractivity contribution >= 4 is 46.3 Å². The molecule has 2 amide bonds. The van der Waals surface area contributed by atoms with E-state index in [9.17, 15) is 9.90 Å². The smallest absolute Gasteiger partial charge is 0.326 e. The van der Waals surface area contributed by atoms with Gasteiger partial charge in [-0.3, -0.25) is 4.90 Å². The lowest BCUT2D eigenvalue weighted by atomic mass is 10.0. The Balaban J connectivity index is 2.15. The van der Waals surface area contributed by atoms with E-state index >= 15 is 0 Å². The first kappa shape index (κ1) is 26.7. The monoisotopic (exact) mass is 515 g/mol. The Hall–Kier alpha value is -2.93. The van der Waals surface area contributed by atoms with Crippen LogP contribution in [0, 0.1) is 0 Å². The minimum Gasteiger partial charge on any atom is -0.497 e. The lowest BCUT2D eigenvalue weighted by molar-refractivity contribution is 0.254. The van der Waals surface area contributed by atoms with E-state index < -0.39 is 6.04 Å². The molecule has 6 nitrogen and oxygen atoms in total. The molecule has 3 aromatic rings. The number of urea groups is 1. The molecule has 3 rings (SSSR count). The third kappa shape index (κ3) is 5.67. The van der Waals surface area contributed by atoms with Crippen molar-refractivity contribution < 1.29 is 14.6 Å². The molecule has 186 valence electrons. The van der Waals surface area contributed by atoms with E-state index in [0.29, 0.717) is 51.3 Å². The van der Waals surface area contributed by atoms with Crippen LogP contribution in [0.1, 0.15) is 49.1 Å². The van der Waals surface area contributed by atoms with Crippen molar-refractivity contribution in [2.75, 3.05) is 23.1 Å². The summed E-state index contributed by atoms with van der Waals surface area (Å²) in [5.41, 5.74) is 11.0. The molecule has 0 spiro atoms. The average Bonchev–Trinajstić information content (AvgIpc) is 2.84. The Morgan fingerprint density at radius 1 is 1.09 bits per heavy atom. The SMILES string of the molecule is CCc1c(N)cc(Cl)c(CC)c1NC(=O)N(c1ccc(OC)cc1CO)[C@@H](C)c1ccc(Cl)cc1. The van der Waals surface area contributed by atoms with Gasteiger partial charge in [0.05, 0.1) is 31.1 Å². The van der Waals surface area contributed by atoms with Crippen LogP contribution in [-0.2, 0) is 19.4 Å². The highest BCUT2D eigenvalue weighted by Crippen LogP contribution is 2.37. The minimum atomic E-state index is -0.391. The van der Waals surface area contributed by atoms with Gasteiger partial charge in [-0.2, -0.15) is 0 Å². The zero-order chi connectivity index (χ0) is 25.7. The number of hydrogen-bond acceptors (Lipinski definition) is 4. The van der Waals surface area contributed by atoms with Gasteiger partial charge in [-0.1, -0.05) is 49.2 Å². The summed E-state index contributed by atoms with van der Waals surface area (Å²) in [4.78, 5) is 15.6. The summed E-state index contributed by atoms with van der Waals surface area (Å²) in [6.07, 6.45) is 1.25. The van der Waals surface area contributed by atoms with Crippen LogP contribution in [0.5, 0.6) is 5.75 Å². The van der Waals surface area contributed by atoms with Gasteiger partial charge >= 0.3 is 6.03 Å². The number of hydrogen-bond donors (Lipinski definition) is 3. The normalized spacial score (nSPS) is 11.7. The lowest BCUT2D eigenvalue weighted by Gasteiger charge is -2.32. The molecule has 0 radical (unpaired) electrons. The van der Waals surface area contributed by atoms with Gasteiger partial charge < -0.3 is 20.9 Å². The number of benzene rings is 3. The van der Waals surface area contributed by atoms with Crippen molar-refractivity contribution in [3.05, 3.63) is 80.8 Å². The van der Waals surface area contributed by atoms with Crippen molar-refractivity contribution in [2.24, 2.45) is 0 Å². The van der Waals surface area contributed by atoms with Crippen LogP contribution in [0.3, 0.4) is 0 Å². The molecule has 8 heteroatoms. The Bertz CT molecular complexity index is 1170. The van der Waals surface area contributed by atoms with Crippen molar-refractivity contribution in [1.82, 2.24) is 0 Å².